The van der Waals surface area contributed by atoms with Crippen molar-refractivity contribution in [1.29, 1.82) is 0 Å². The van der Waals surface area contributed by atoms with Gasteiger partial charge in [0.2, 0.25) is 0 Å². The summed E-state index contributed by atoms with van der Waals surface area (Å²) < 4.78 is 0. The summed E-state index contributed by atoms with van der Waals surface area (Å²) >= 11 is 0. The van der Waals surface area contributed by atoms with E-state index in [0.717, 1.165) is 18.4 Å². The molecule has 0 bridgehead atoms. The number of carboxylic acid groups (broad SMARTS) is 1. The average molecular weight is 164 g/mol. The van der Waals surface area contributed by atoms with Crippen molar-refractivity contribution in [3.05, 3.63) is 23.8 Å². The lowest BCUT2D eigenvalue weighted by Crippen LogP contribution is -2.35. The Morgan fingerprint density at radius 1 is 1.83 bits per heavy atom. The van der Waals surface area contributed by atoms with Crippen LogP contribution in [0.4, 0.5) is 0 Å². The number of allylic oxidation sites excluding steroid dienone is 3. The Balaban J connectivity index is 2.18. The molecule has 2 aliphatic carbocycles. The maximum absolute atomic E-state index is 10.4. The van der Waals surface area contributed by atoms with Gasteiger partial charge >= 0.3 is 5.97 Å². The van der Waals surface area contributed by atoms with Crippen molar-refractivity contribution in [3.63, 3.8) is 0 Å². The van der Waals surface area contributed by atoms with Gasteiger partial charge in [0, 0.05) is 12.0 Å². The highest BCUT2D eigenvalue weighted by Gasteiger charge is 2.46. The molecule has 2 nitrogen and oxygen atoms in total. The summed E-state index contributed by atoms with van der Waals surface area (Å²) in [6.07, 6.45) is 7.72. The van der Waals surface area contributed by atoms with Crippen molar-refractivity contribution in [3.8, 4) is 0 Å². The fourth-order valence-corrected chi connectivity index (χ4v) is 2.33. The molecule has 0 aromatic carbocycles. The third-order valence-electron chi connectivity index (χ3n) is 2.98. The monoisotopic (exact) mass is 164 g/mol. The van der Waals surface area contributed by atoms with Crippen LogP contribution in [-0.2, 0) is 4.79 Å². The smallest absolute Gasteiger partial charge is 0.328 e. The van der Waals surface area contributed by atoms with Crippen LogP contribution in [0.25, 0.3) is 0 Å². The largest absolute Gasteiger partial charge is 0.478 e. The van der Waals surface area contributed by atoms with E-state index in [1.54, 1.807) is 0 Å². The van der Waals surface area contributed by atoms with E-state index in [-0.39, 0.29) is 0 Å². The van der Waals surface area contributed by atoms with E-state index in [0.29, 0.717) is 11.3 Å². The number of rotatable bonds is 1. The standard InChI is InChI=1S/C10H12O2/c1-10-4-2-3-8(10)7(6-10)5-9(11)12/h2-3,5,8H,4,6H2,1H3,(H,11,12)/t8-,10+/m0/s1. The van der Waals surface area contributed by atoms with E-state index in [9.17, 15) is 4.79 Å². The minimum atomic E-state index is -0.813. The van der Waals surface area contributed by atoms with Gasteiger partial charge in [0.05, 0.1) is 0 Å². The van der Waals surface area contributed by atoms with Gasteiger partial charge in [-0.1, -0.05) is 24.6 Å². The third-order valence-corrected chi connectivity index (χ3v) is 2.98. The molecule has 0 amide bonds. The zero-order chi connectivity index (χ0) is 8.77. The van der Waals surface area contributed by atoms with E-state index in [2.05, 4.69) is 19.1 Å². The molecular weight excluding hydrogens is 152 g/mol. The van der Waals surface area contributed by atoms with Crippen LogP contribution in [0.2, 0.25) is 0 Å². The molecule has 0 aliphatic heterocycles. The normalized spacial score (nSPS) is 41.1. The Labute approximate surface area is 71.6 Å². The Morgan fingerprint density at radius 3 is 3.17 bits per heavy atom. The molecule has 0 spiro atoms. The van der Waals surface area contributed by atoms with Gasteiger partial charge in [-0.25, -0.2) is 4.79 Å². The van der Waals surface area contributed by atoms with Gasteiger partial charge < -0.3 is 5.11 Å². The van der Waals surface area contributed by atoms with Crippen LogP contribution in [0.3, 0.4) is 0 Å². The number of hydrogen-bond donors (Lipinski definition) is 1. The molecule has 1 N–H and O–H groups in total. The van der Waals surface area contributed by atoms with Crippen molar-refractivity contribution in [2.75, 3.05) is 0 Å². The van der Waals surface area contributed by atoms with Gasteiger partial charge in [-0.15, -0.1) is 0 Å². The van der Waals surface area contributed by atoms with E-state index >= 15 is 0 Å². The topological polar surface area (TPSA) is 37.3 Å². The summed E-state index contributed by atoms with van der Waals surface area (Å²) in [5.41, 5.74) is 1.43. The third kappa shape index (κ3) is 0.909. The molecule has 0 unspecified atom stereocenters. The molecule has 0 aromatic heterocycles. The van der Waals surface area contributed by atoms with E-state index in [1.165, 1.54) is 6.08 Å². The second-order valence-electron chi connectivity index (χ2n) is 4.00. The quantitative estimate of drug-likeness (QED) is 0.475. The molecule has 2 rings (SSSR count). The summed E-state index contributed by atoms with van der Waals surface area (Å²) in [6.45, 7) is 2.22. The molecule has 64 valence electrons. The van der Waals surface area contributed by atoms with Crippen LogP contribution in [0, 0.1) is 11.3 Å². The van der Waals surface area contributed by atoms with Crippen LogP contribution in [0.5, 0.6) is 0 Å². The first-order valence-corrected chi connectivity index (χ1v) is 4.22. The van der Waals surface area contributed by atoms with E-state index < -0.39 is 5.97 Å². The van der Waals surface area contributed by atoms with Crippen LogP contribution < -0.4 is 0 Å². The van der Waals surface area contributed by atoms with E-state index in [4.69, 9.17) is 5.11 Å². The molecule has 2 aliphatic rings. The minimum Gasteiger partial charge on any atom is -0.478 e. The van der Waals surface area contributed by atoms with Gasteiger partial charge in [-0.3, -0.25) is 0 Å². The predicted molar refractivity (Wildman–Crippen MR) is 45.7 cm³/mol. The Morgan fingerprint density at radius 2 is 2.58 bits per heavy atom. The molecule has 1 saturated carbocycles. The molecule has 0 saturated heterocycles. The zero-order valence-electron chi connectivity index (χ0n) is 7.08. The summed E-state index contributed by atoms with van der Waals surface area (Å²) in [7, 11) is 0. The van der Waals surface area contributed by atoms with Gasteiger partial charge in [0.15, 0.2) is 0 Å². The first-order chi connectivity index (χ1) is 5.62. The lowest BCUT2D eigenvalue weighted by molar-refractivity contribution is -0.131. The minimum absolute atomic E-state index is 0.348. The maximum Gasteiger partial charge on any atom is 0.328 e. The fraction of sp³-hybridized carbons (Fsp3) is 0.500. The molecule has 1 fully saturated rings. The second kappa shape index (κ2) is 2.22. The lowest BCUT2D eigenvalue weighted by Gasteiger charge is -2.44. The van der Waals surface area contributed by atoms with Crippen molar-refractivity contribution in [1.82, 2.24) is 0 Å². The molecule has 2 atom stereocenters. The number of hydrogen-bond acceptors (Lipinski definition) is 1. The van der Waals surface area contributed by atoms with Gasteiger partial charge in [-0.2, -0.15) is 0 Å². The van der Waals surface area contributed by atoms with Crippen LogP contribution in [-0.4, -0.2) is 11.1 Å². The van der Waals surface area contributed by atoms with Crippen LogP contribution in [0.15, 0.2) is 23.8 Å². The number of carboxylic acids is 1. The molecule has 0 aromatic rings. The van der Waals surface area contributed by atoms with Gasteiger partial charge in [0.1, 0.15) is 0 Å². The van der Waals surface area contributed by atoms with Gasteiger partial charge in [-0.05, 0) is 18.3 Å². The van der Waals surface area contributed by atoms with Crippen molar-refractivity contribution in [2.45, 2.75) is 19.8 Å². The summed E-state index contributed by atoms with van der Waals surface area (Å²) in [4.78, 5) is 10.4. The number of aliphatic carboxylic acids is 1. The molecule has 12 heavy (non-hydrogen) atoms. The SMILES string of the molecule is C[C@]12CC=C[C@H]1C(=CC(=O)O)C2. The summed E-state index contributed by atoms with van der Waals surface area (Å²) in [5.74, 6) is -0.402. The van der Waals surface area contributed by atoms with Crippen LogP contribution in [0.1, 0.15) is 19.8 Å². The summed E-state index contributed by atoms with van der Waals surface area (Å²) in [6, 6.07) is 0. The number of fused-ring (bicyclic) bond motifs is 1. The van der Waals surface area contributed by atoms with Crippen molar-refractivity contribution < 1.29 is 9.90 Å². The molecular formula is C10H12O2. The van der Waals surface area contributed by atoms with Crippen LogP contribution >= 0.6 is 0 Å². The highest BCUT2D eigenvalue weighted by Crippen LogP contribution is 2.56. The highest BCUT2D eigenvalue weighted by molar-refractivity contribution is 5.81. The molecule has 2 heteroatoms. The predicted octanol–water partition coefficient (Wildman–Crippen LogP) is 1.98. The first-order valence-electron chi connectivity index (χ1n) is 4.22. The second-order valence-corrected chi connectivity index (χ2v) is 4.00. The van der Waals surface area contributed by atoms with Crippen molar-refractivity contribution >= 4 is 5.97 Å². The summed E-state index contributed by atoms with van der Waals surface area (Å²) in [5, 5.41) is 8.55. The maximum atomic E-state index is 10.4. The molecule has 0 heterocycles. The van der Waals surface area contributed by atoms with E-state index in [1.807, 2.05) is 0 Å². The average Bonchev–Trinajstić information content (AvgIpc) is 2.23. The first kappa shape index (κ1) is 7.59. The number of carbonyl (C=O) groups is 1. The Hall–Kier alpha value is -1.05. The van der Waals surface area contributed by atoms with Crippen molar-refractivity contribution in [2.24, 2.45) is 11.3 Å². The Kier molecular flexibility index (Phi) is 1.40. The zero-order valence-corrected chi connectivity index (χ0v) is 7.08. The van der Waals surface area contributed by atoms with Gasteiger partial charge in [0.25, 0.3) is 0 Å². The highest BCUT2D eigenvalue weighted by atomic mass is 16.4. The fourth-order valence-electron chi connectivity index (χ4n) is 2.33. The lowest BCUT2D eigenvalue weighted by atomic mass is 9.59. The molecule has 0 radical (unpaired) electrons. The Bertz CT molecular complexity index is 288.